The maximum Gasteiger partial charge on any atom is 0.394 e. The van der Waals surface area contributed by atoms with Crippen LogP contribution in [0.25, 0.3) is 0 Å². The van der Waals surface area contributed by atoms with E-state index >= 15 is 0 Å². The predicted octanol–water partition coefficient (Wildman–Crippen LogP) is 1.34. The lowest BCUT2D eigenvalue weighted by atomic mass is 9.88. The molecule has 6 nitrogen and oxygen atoms in total. The van der Waals surface area contributed by atoms with Crippen LogP contribution in [0.3, 0.4) is 0 Å². The highest BCUT2D eigenvalue weighted by molar-refractivity contribution is 7.79. The molecule has 1 heterocycles. The molecule has 1 unspecified atom stereocenters. The molecule has 0 aromatic heterocycles. The molecular formula is C12H26N2O4S. The van der Waals surface area contributed by atoms with Crippen LogP contribution in [0.1, 0.15) is 44.9 Å². The fourth-order valence-corrected chi connectivity index (χ4v) is 2.99. The molecule has 1 atom stereocenters. The van der Waals surface area contributed by atoms with E-state index in [0.29, 0.717) is 6.04 Å². The van der Waals surface area contributed by atoms with Gasteiger partial charge in [-0.05, 0) is 38.1 Å². The standard InChI is InChI=1S/C12H24N2.H2O4S/c13-12-7-4-8-14(10-12)9-11-5-2-1-3-6-11;1-5(2,3)4/h11-12H,1-10,13H2;(H2,1,2,3,4). The summed E-state index contributed by atoms with van der Waals surface area (Å²) >= 11 is 0. The maximum absolute atomic E-state index is 8.74. The van der Waals surface area contributed by atoms with Crippen LogP contribution in [0, 0.1) is 5.92 Å². The van der Waals surface area contributed by atoms with Crippen molar-refractivity contribution in [2.45, 2.75) is 51.0 Å². The van der Waals surface area contributed by atoms with Crippen molar-refractivity contribution in [2.24, 2.45) is 11.7 Å². The van der Waals surface area contributed by atoms with Gasteiger partial charge in [-0.15, -0.1) is 0 Å². The monoisotopic (exact) mass is 294 g/mol. The molecule has 2 aliphatic rings. The van der Waals surface area contributed by atoms with Crippen molar-refractivity contribution in [1.82, 2.24) is 4.90 Å². The lowest BCUT2D eigenvalue weighted by Crippen LogP contribution is -2.44. The summed E-state index contributed by atoms with van der Waals surface area (Å²) in [5.74, 6) is 0.981. The van der Waals surface area contributed by atoms with E-state index in [0.717, 1.165) is 12.5 Å². The molecule has 1 saturated heterocycles. The van der Waals surface area contributed by atoms with Crippen LogP contribution in [0.15, 0.2) is 0 Å². The molecule has 0 amide bonds. The Hall–Kier alpha value is -0.210. The number of nitrogens with two attached hydrogens (primary N) is 1. The minimum Gasteiger partial charge on any atom is -0.327 e. The Bertz CT molecular complexity index is 334. The van der Waals surface area contributed by atoms with Gasteiger partial charge in [0.15, 0.2) is 0 Å². The largest absolute Gasteiger partial charge is 0.394 e. The van der Waals surface area contributed by atoms with Gasteiger partial charge in [0.05, 0.1) is 0 Å². The zero-order chi connectivity index (χ0) is 14.3. The smallest absolute Gasteiger partial charge is 0.327 e. The number of hydrogen-bond acceptors (Lipinski definition) is 4. The molecule has 0 spiro atoms. The van der Waals surface area contributed by atoms with Crippen molar-refractivity contribution in [1.29, 1.82) is 0 Å². The van der Waals surface area contributed by atoms with Gasteiger partial charge in [0.1, 0.15) is 0 Å². The molecular weight excluding hydrogens is 268 g/mol. The van der Waals surface area contributed by atoms with Crippen molar-refractivity contribution in [2.75, 3.05) is 19.6 Å². The molecule has 114 valence electrons. The maximum atomic E-state index is 8.74. The van der Waals surface area contributed by atoms with E-state index in [1.54, 1.807) is 0 Å². The topological polar surface area (TPSA) is 104 Å². The van der Waals surface area contributed by atoms with E-state index < -0.39 is 10.4 Å². The van der Waals surface area contributed by atoms with Crippen molar-refractivity contribution in [3.05, 3.63) is 0 Å². The third kappa shape index (κ3) is 9.34. The fraction of sp³-hybridized carbons (Fsp3) is 1.00. The first-order valence-corrected chi connectivity index (χ1v) is 8.42. The SMILES string of the molecule is NC1CCCN(CC2CCCCC2)C1.O=S(=O)(O)O. The summed E-state index contributed by atoms with van der Waals surface area (Å²) in [5, 5.41) is 0. The lowest BCUT2D eigenvalue weighted by Gasteiger charge is -2.34. The Morgan fingerprint density at radius 1 is 1.05 bits per heavy atom. The van der Waals surface area contributed by atoms with Crippen LogP contribution in [-0.2, 0) is 10.4 Å². The van der Waals surface area contributed by atoms with Crippen LogP contribution >= 0.6 is 0 Å². The average Bonchev–Trinajstić information content (AvgIpc) is 2.28. The minimum atomic E-state index is -4.67. The van der Waals surface area contributed by atoms with Gasteiger partial charge in [-0.1, -0.05) is 19.3 Å². The molecule has 2 rings (SSSR count). The van der Waals surface area contributed by atoms with Crippen molar-refractivity contribution in [3.63, 3.8) is 0 Å². The van der Waals surface area contributed by atoms with Gasteiger partial charge in [-0.25, -0.2) is 0 Å². The Balaban J connectivity index is 0.000000312. The third-order valence-corrected chi connectivity index (χ3v) is 3.78. The molecule has 19 heavy (non-hydrogen) atoms. The number of rotatable bonds is 2. The van der Waals surface area contributed by atoms with Gasteiger partial charge in [0, 0.05) is 19.1 Å². The highest BCUT2D eigenvalue weighted by Gasteiger charge is 2.21. The molecule has 0 aromatic carbocycles. The van der Waals surface area contributed by atoms with E-state index in [9.17, 15) is 0 Å². The first-order valence-electron chi connectivity index (χ1n) is 7.02. The van der Waals surface area contributed by atoms with Crippen LogP contribution < -0.4 is 5.73 Å². The number of hydrogen-bond donors (Lipinski definition) is 3. The Labute approximate surface area is 115 Å². The molecule has 4 N–H and O–H groups in total. The highest BCUT2D eigenvalue weighted by Crippen LogP contribution is 2.25. The second-order valence-corrected chi connectivity index (χ2v) is 6.51. The first-order chi connectivity index (χ1) is 8.84. The fourth-order valence-electron chi connectivity index (χ4n) is 2.99. The molecule has 2 fully saturated rings. The lowest BCUT2D eigenvalue weighted by molar-refractivity contribution is 0.161. The summed E-state index contributed by atoms with van der Waals surface area (Å²) in [6.45, 7) is 3.77. The van der Waals surface area contributed by atoms with Crippen molar-refractivity contribution >= 4 is 10.4 Å². The molecule has 7 heteroatoms. The van der Waals surface area contributed by atoms with Crippen LogP contribution in [0.5, 0.6) is 0 Å². The summed E-state index contributed by atoms with van der Waals surface area (Å²) in [4.78, 5) is 2.60. The van der Waals surface area contributed by atoms with Gasteiger partial charge >= 0.3 is 10.4 Å². The predicted molar refractivity (Wildman–Crippen MR) is 74.4 cm³/mol. The van der Waals surface area contributed by atoms with Gasteiger partial charge in [0.2, 0.25) is 0 Å². The summed E-state index contributed by atoms with van der Waals surface area (Å²) in [6, 6.07) is 0.451. The van der Waals surface area contributed by atoms with Crippen LogP contribution in [0.2, 0.25) is 0 Å². The Kier molecular flexibility index (Phi) is 7.23. The zero-order valence-electron chi connectivity index (χ0n) is 11.4. The highest BCUT2D eigenvalue weighted by atomic mass is 32.3. The van der Waals surface area contributed by atoms with Gasteiger partial charge in [-0.3, -0.25) is 9.11 Å². The van der Waals surface area contributed by atoms with E-state index in [1.165, 1.54) is 58.0 Å². The Morgan fingerprint density at radius 2 is 1.63 bits per heavy atom. The van der Waals surface area contributed by atoms with Gasteiger partial charge in [-0.2, -0.15) is 8.42 Å². The normalized spacial score (nSPS) is 26.6. The van der Waals surface area contributed by atoms with Crippen LogP contribution in [-0.4, -0.2) is 48.1 Å². The third-order valence-electron chi connectivity index (χ3n) is 3.78. The van der Waals surface area contributed by atoms with E-state index in [-0.39, 0.29) is 0 Å². The quantitative estimate of drug-likeness (QED) is 0.664. The van der Waals surface area contributed by atoms with Crippen LogP contribution in [0.4, 0.5) is 0 Å². The first kappa shape index (κ1) is 16.8. The molecule has 0 radical (unpaired) electrons. The summed E-state index contributed by atoms with van der Waals surface area (Å²) in [6.07, 6.45) is 9.87. The Morgan fingerprint density at radius 3 is 2.16 bits per heavy atom. The van der Waals surface area contributed by atoms with E-state index in [2.05, 4.69) is 4.90 Å². The summed E-state index contributed by atoms with van der Waals surface area (Å²) < 4.78 is 31.6. The molecule has 1 saturated carbocycles. The van der Waals surface area contributed by atoms with Crippen molar-refractivity contribution < 1.29 is 17.5 Å². The number of piperidine rings is 1. The number of likely N-dealkylation sites (tertiary alicyclic amines) is 1. The molecule has 0 bridgehead atoms. The number of nitrogens with zero attached hydrogens (tertiary/aromatic N) is 1. The van der Waals surface area contributed by atoms with Gasteiger partial charge < -0.3 is 10.6 Å². The minimum absolute atomic E-state index is 0.451. The second-order valence-electron chi connectivity index (χ2n) is 5.61. The van der Waals surface area contributed by atoms with E-state index in [4.69, 9.17) is 23.3 Å². The molecule has 1 aliphatic carbocycles. The average molecular weight is 294 g/mol. The zero-order valence-corrected chi connectivity index (χ0v) is 12.2. The van der Waals surface area contributed by atoms with Crippen molar-refractivity contribution in [3.8, 4) is 0 Å². The summed E-state index contributed by atoms with van der Waals surface area (Å²) in [7, 11) is -4.67. The van der Waals surface area contributed by atoms with E-state index in [1.807, 2.05) is 0 Å². The van der Waals surface area contributed by atoms with Gasteiger partial charge in [0.25, 0.3) is 0 Å². The summed E-state index contributed by atoms with van der Waals surface area (Å²) in [5.41, 5.74) is 5.99. The second kappa shape index (κ2) is 8.16. The molecule has 0 aromatic rings. The molecule has 1 aliphatic heterocycles.